The predicted octanol–water partition coefficient (Wildman–Crippen LogP) is 4.51. The van der Waals surface area contributed by atoms with Crippen LogP contribution in [0.4, 0.5) is 0 Å². The van der Waals surface area contributed by atoms with Crippen LogP contribution in [0.25, 0.3) is 0 Å². The Balaban J connectivity index is 2.43. The van der Waals surface area contributed by atoms with Gasteiger partial charge in [0.1, 0.15) is 16.0 Å². The summed E-state index contributed by atoms with van der Waals surface area (Å²) in [7, 11) is 0. The van der Waals surface area contributed by atoms with E-state index in [1.54, 1.807) is 11.8 Å². The van der Waals surface area contributed by atoms with E-state index in [2.05, 4.69) is 42.0 Å². The second kappa shape index (κ2) is 5.29. The van der Waals surface area contributed by atoms with E-state index in [9.17, 15) is 0 Å². The molecule has 94 valence electrons. The summed E-state index contributed by atoms with van der Waals surface area (Å²) >= 11 is 7.74. The zero-order valence-corrected chi connectivity index (χ0v) is 12.5. The van der Waals surface area contributed by atoms with Crippen LogP contribution in [-0.2, 0) is 0 Å². The zero-order valence-electron chi connectivity index (χ0n) is 10.9. The zero-order chi connectivity index (χ0) is 13.3. The maximum Gasteiger partial charge on any atom is 0.136 e. The standard InChI is InChI=1S/C14H15ClN2S/c1-8-5-6-9(2)12(7-8)18-14-10(3)13(15)16-11(4)17-14/h5-7H,1-4H3. The molecule has 0 bridgehead atoms. The molecule has 1 heterocycles. The van der Waals surface area contributed by atoms with E-state index in [1.165, 1.54) is 16.0 Å². The van der Waals surface area contributed by atoms with E-state index in [0.29, 0.717) is 11.0 Å². The van der Waals surface area contributed by atoms with E-state index >= 15 is 0 Å². The SMILES string of the molecule is Cc1ccc(C)c(Sc2nc(C)nc(Cl)c2C)c1. The van der Waals surface area contributed by atoms with Gasteiger partial charge in [0.25, 0.3) is 0 Å². The number of halogens is 1. The summed E-state index contributed by atoms with van der Waals surface area (Å²) in [6, 6.07) is 6.41. The first kappa shape index (κ1) is 13.4. The number of aromatic nitrogens is 2. The van der Waals surface area contributed by atoms with Gasteiger partial charge in [-0.2, -0.15) is 0 Å². The summed E-state index contributed by atoms with van der Waals surface area (Å²) in [6.07, 6.45) is 0. The number of aryl methyl sites for hydroxylation is 3. The van der Waals surface area contributed by atoms with Gasteiger partial charge in [0.05, 0.1) is 0 Å². The van der Waals surface area contributed by atoms with Crippen molar-refractivity contribution < 1.29 is 0 Å². The first-order valence-corrected chi connectivity index (χ1v) is 6.92. The quantitative estimate of drug-likeness (QED) is 0.756. The lowest BCUT2D eigenvalue weighted by atomic mass is 10.2. The third-order valence-corrected chi connectivity index (χ3v) is 4.32. The Bertz CT molecular complexity index is 597. The second-order valence-corrected chi connectivity index (χ2v) is 5.75. The van der Waals surface area contributed by atoms with Gasteiger partial charge in [-0.15, -0.1) is 0 Å². The van der Waals surface area contributed by atoms with Crippen LogP contribution in [-0.4, -0.2) is 9.97 Å². The Labute approximate surface area is 117 Å². The Morgan fingerprint density at radius 3 is 2.50 bits per heavy atom. The number of rotatable bonds is 2. The summed E-state index contributed by atoms with van der Waals surface area (Å²) in [5, 5.41) is 1.47. The minimum Gasteiger partial charge on any atom is -0.226 e. The average Bonchev–Trinajstić information content (AvgIpc) is 2.30. The molecule has 0 saturated heterocycles. The molecule has 0 aliphatic carbocycles. The van der Waals surface area contributed by atoms with Crippen molar-refractivity contribution in [2.24, 2.45) is 0 Å². The fraction of sp³-hybridized carbons (Fsp3) is 0.286. The van der Waals surface area contributed by atoms with Gasteiger partial charge in [-0.05, 0) is 44.9 Å². The van der Waals surface area contributed by atoms with Crippen LogP contribution in [0.3, 0.4) is 0 Å². The summed E-state index contributed by atoms with van der Waals surface area (Å²) in [5.74, 6) is 0.707. The molecule has 2 nitrogen and oxygen atoms in total. The van der Waals surface area contributed by atoms with Crippen molar-refractivity contribution in [2.45, 2.75) is 37.6 Å². The maximum absolute atomic E-state index is 6.09. The van der Waals surface area contributed by atoms with Crippen molar-refractivity contribution in [3.05, 3.63) is 45.9 Å². The number of benzene rings is 1. The van der Waals surface area contributed by atoms with Crippen LogP contribution in [0.2, 0.25) is 5.15 Å². The highest BCUT2D eigenvalue weighted by Crippen LogP contribution is 2.33. The van der Waals surface area contributed by atoms with Gasteiger partial charge in [0.2, 0.25) is 0 Å². The molecule has 0 atom stereocenters. The average molecular weight is 279 g/mol. The monoisotopic (exact) mass is 278 g/mol. The van der Waals surface area contributed by atoms with Crippen molar-refractivity contribution in [3.8, 4) is 0 Å². The molecule has 0 saturated carbocycles. The number of hydrogen-bond acceptors (Lipinski definition) is 3. The van der Waals surface area contributed by atoms with Crippen LogP contribution in [0.15, 0.2) is 28.1 Å². The molecular formula is C14H15ClN2S. The second-order valence-electron chi connectivity index (χ2n) is 4.36. The molecule has 18 heavy (non-hydrogen) atoms. The molecular weight excluding hydrogens is 264 g/mol. The lowest BCUT2D eigenvalue weighted by Crippen LogP contribution is -1.95. The van der Waals surface area contributed by atoms with Crippen LogP contribution < -0.4 is 0 Å². The van der Waals surface area contributed by atoms with E-state index in [4.69, 9.17) is 11.6 Å². The minimum absolute atomic E-state index is 0.537. The molecule has 0 aliphatic heterocycles. The Hall–Kier alpha value is -1.06. The van der Waals surface area contributed by atoms with Crippen LogP contribution >= 0.6 is 23.4 Å². The van der Waals surface area contributed by atoms with Crippen LogP contribution in [0.1, 0.15) is 22.5 Å². The Morgan fingerprint density at radius 2 is 1.78 bits per heavy atom. The van der Waals surface area contributed by atoms with Crippen molar-refractivity contribution in [2.75, 3.05) is 0 Å². The van der Waals surface area contributed by atoms with E-state index < -0.39 is 0 Å². The lowest BCUT2D eigenvalue weighted by molar-refractivity contribution is 0.938. The third kappa shape index (κ3) is 2.85. The highest BCUT2D eigenvalue weighted by molar-refractivity contribution is 7.99. The number of nitrogens with zero attached hydrogens (tertiary/aromatic N) is 2. The molecule has 4 heteroatoms. The summed E-state index contributed by atoms with van der Waals surface area (Å²) < 4.78 is 0. The number of hydrogen-bond donors (Lipinski definition) is 0. The third-order valence-electron chi connectivity index (χ3n) is 2.70. The molecule has 0 N–H and O–H groups in total. The van der Waals surface area contributed by atoms with E-state index in [0.717, 1.165) is 10.6 Å². The normalized spacial score (nSPS) is 10.7. The minimum atomic E-state index is 0.537. The molecule has 0 fully saturated rings. The van der Waals surface area contributed by atoms with Crippen molar-refractivity contribution >= 4 is 23.4 Å². The van der Waals surface area contributed by atoms with Gasteiger partial charge < -0.3 is 0 Å². The largest absolute Gasteiger partial charge is 0.226 e. The van der Waals surface area contributed by atoms with Crippen molar-refractivity contribution in [3.63, 3.8) is 0 Å². The molecule has 0 amide bonds. The van der Waals surface area contributed by atoms with Gasteiger partial charge >= 0.3 is 0 Å². The van der Waals surface area contributed by atoms with Crippen LogP contribution in [0, 0.1) is 27.7 Å². The van der Waals surface area contributed by atoms with Crippen LogP contribution in [0.5, 0.6) is 0 Å². The van der Waals surface area contributed by atoms with Gasteiger partial charge in [-0.3, -0.25) is 0 Å². The fourth-order valence-electron chi connectivity index (χ4n) is 1.59. The molecule has 1 aromatic carbocycles. The maximum atomic E-state index is 6.09. The lowest BCUT2D eigenvalue weighted by Gasteiger charge is -2.09. The van der Waals surface area contributed by atoms with Gasteiger partial charge in [-0.1, -0.05) is 35.5 Å². The fourth-order valence-corrected chi connectivity index (χ4v) is 2.97. The van der Waals surface area contributed by atoms with E-state index in [1.807, 2.05) is 13.8 Å². The van der Waals surface area contributed by atoms with Gasteiger partial charge in [-0.25, -0.2) is 9.97 Å². The summed E-state index contributed by atoms with van der Waals surface area (Å²) in [4.78, 5) is 9.84. The first-order chi connectivity index (χ1) is 8.47. The summed E-state index contributed by atoms with van der Waals surface area (Å²) in [6.45, 7) is 8.01. The first-order valence-electron chi connectivity index (χ1n) is 5.73. The molecule has 0 unspecified atom stereocenters. The van der Waals surface area contributed by atoms with Crippen molar-refractivity contribution in [1.29, 1.82) is 0 Å². The molecule has 0 spiro atoms. The topological polar surface area (TPSA) is 25.8 Å². The van der Waals surface area contributed by atoms with Gasteiger partial charge in [0, 0.05) is 10.5 Å². The predicted molar refractivity (Wildman–Crippen MR) is 76.6 cm³/mol. The highest BCUT2D eigenvalue weighted by atomic mass is 35.5. The smallest absolute Gasteiger partial charge is 0.136 e. The van der Waals surface area contributed by atoms with Crippen molar-refractivity contribution in [1.82, 2.24) is 9.97 Å². The highest BCUT2D eigenvalue weighted by Gasteiger charge is 2.10. The molecule has 0 aliphatic rings. The molecule has 0 radical (unpaired) electrons. The Kier molecular flexibility index (Phi) is 3.93. The molecule has 2 rings (SSSR count). The van der Waals surface area contributed by atoms with Gasteiger partial charge in [0.15, 0.2) is 0 Å². The molecule has 2 aromatic rings. The summed E-state index contributed by atoms with van der Waals surface area (Å²) in [5.41, 5.74) is 3.43. The Morgan fingerprint density at radius 1 is 1.06 bits per heavy atom. The van der Waals surface area contributed by atoms with E-state index in [-0.39, 0.29) is 0 Å². The molecule has 1 aromatic heterocycles.